The van der Waals surface area contributed by atoms with Crippen LogP contribution in [-0.2, 0) is 6.61 Å². The smallest absolute Gasteiger partial charge is 0.252 e. The molecule has 1 amide bonds. The van der Waals surface area contributed by atoms with E-state index in [1.165, 1.54) is 5.56 Å². The van der Waals surface area contributed by atoms with Crippen LogP contribution in [0, 0.1) is 0 Å². The van der Waals surface area contributed by atoms with E-state index in [1.54, 1.807) is 6.07 Å². The van der Waals surface area contributed by atoms with Gasteiger partial charge in [0.05, 0.1) is 11.1 Å². The first-order chi connectivity index (χ1) is 14.7. The first-order valence-electron chi connectivity index (χ1n) is 10.1. The summed E-state index contributed by atoms with van der Waals surface area (Å²) in [7, 11) is 0. The molecule has 1 heterocycles. The summed E-state index contributed by atoms with van der Waals surface area (Å²) < 4.78 is 5.89. The molecule has 4 nitrogen and oxygen atoms in total. The van der Waals surface area contributed by atoms with E-state index >= 15 is 0 Å². The molecule has 0 radical (unpaired) electrons. The van der Waals surface area contributed by atoms with Gasteiger partial charge in [-0.1, -0.05) is 85.8 Å². The van der Waals surface area contributed by atoms with E-state index in [9.17, 15) is 4.79 Å². The summed E-state index contributed by atoms with van der Waals surface area (Å²) in [5.74, 6) is 0.539. The Labute approximate surface area is 176 Å². The average molecular weight is 396 g/mol. The summed E-state index contributed by atoms with van der Waals surface area (Å²) in [4.78, 5) is 17.6. The molecule has 4 rings (SSSR count). The van der Waals surface area contributed by atoms with Gasteiger partial charge in [-0.15, -0.1) is 0 Å². The number of hydrogen-bond acceptors (Lipinski definition) is 3. The maximum Gasteiger partial charge on any atom is 0.252 e. The van der Waals surface area contributed by atoms with E-state index in [-0.39, 0.29) is 11.8 Å². The van der Waals surface area contributed by atoms with Crippen LogP contribution in [0.15, 0.2) is 91.0 Å². The van der Waals surface area contributed by atoms with E-state index in [2.05, 4.69) is 29.4 Å². The van der Waals surface area contributed by atoms with E-state index in [4.69, 9.17) is 4.74 Å². The van der Waals surface area contributed by atoms with Gasteiger partial charge < -0.3 is 10.1 Å². The van der Waals surface area contributed by atoms with Crippen molar-refractivity contribution >= 4 is 16.8 Å². The number of amides is 1. The second-order valence-electron chi connectivity index (χ2n) is 7.32. The van der Waals surface area contributed by atoms with E-state index in [1.807, 2.05) is 72.8 Å². The second kappa shape index (κ2) is 9.23. The Morgan fingerprint density at radius 2 is 1.60 bits per heavy atom. The van der Waals surface area contributed by atoms with Crippen LogP contribution in [0.25, 0.3) is 10.9 Å². The molecule has 0 fully saturated rings. The maximum atomic E-state index is 13.0. The lowest BCUT2D eigenvalue weighted by Gasteiger charge is -2.15. The number of benzene rings is 3. The van der Waals surface area contributed by atoms with Crippen molar-refractivity contribution in [3.63, 3.8) is 0 Å². The normalized spacial score (nSPS) is 11.8. The third-order valence-electron chi connectivity index (χ3n) is 5.10. The summed E-state index contributed by atoms with van der Waals surface area (Å²) in [6.45, 7) is 3.06. The van der Waals surface area contributed by atoms with Gasteiger partial charge in [-0.2, -0.15) is 0 Å². The number of fused-ring (bicyclic) bond motifs is 1. The zero-order chi connectivity index (χ0) is 20.8. The molecule has 0 aliphatic carbocycles. The molecular weight excluding hydrogens is 372 g/mol. The Balaban J connectivity index is 1.53. The predicted octanol–water partition coefficient (Wildman–Crippen LogP) is 5.35. The van der Waals surface area contributed by atoms with Gasteiger partial charge in [0.2, 0.25) is 5.88 Å². The minimum Gasteiger partial charge on any atom is -0.473 e. The molecular formula is C26H24N2O2. The average Bonchev–Trinajstić information content (AvgIpc) is 2.81. The van der Waals surface area contributed by atoms with Crippen LogP contribution in [0.4, 0.5) is 0 Å². The van der Waals surface area contributed by atoms with Gasteiger partial charge in [0, 0.05) is 18.0 Å². The van der Waals surface area contributed by atoms with Crippen molar-refractivity contribution in [3.8, 4) is 5.88 Å². The molecule has 1 N–H and O–H groups in total. The molecule has 0 saturated heterocycles. The zero-order valence-electron chi connectivity index (χ0n) is 16.9. The number of para-hydroxylation sites is 1. The van der Waals surface area contributed by atoms with Gasteiger partial charge in [-0.05, 0) is 23.1 Å². The van der Waals surface area contributed by atoms with Crippen molar-refractivity contribution in [3.05, 3.63) is 108 Å². The number of rotatable bonds is 7. The van der Waals surface area contributed by atoms with Crippen LogP contribution in [0.3, 0.4) is 0 Å². The highest BCUT2D eigenvalue weighted by Crippen LogP contribution is 2.23. The van der Waals surface area contributed by atoms with Gasteiger partial charge in [0.25, 0.3) is 5.91 Å². The first kappa shape index (κ1) is 19.6. The minimum atomic E-state index is -0.124. The summed E-state index contributed by atoms with van der Waals surface area (Å²) in [6, 6.07) is 29.5. The van der Waals surface area contributed by atoms with Gasteiger partial charge in [-0.3, -0.25) is 4.79 Å². The van der Waals surface area contributed by atoms with Crippen LogP contribution in [0.1, 0.15) is 34.3 Å². The minimum absolute atomic E-state index is 0.124. The maximum absolute atomic E-state index is 13.0. The van der Waals surface area contributed by atoms with Crippen LogP contribution in [0.2, 0.25) is 0 Å². The van der Waals surface area contributed by atoms with Crippen molar-refractivity contribution in [2.75, 3.05) is 6.54 Å². The molecule has 1 aromatic heterocycles. The van der Waals surface area contributed by atoms with Gasteiger partial charge in [0.15, 0.2) is 0 Å². The number of hydrogen-bond donors (Lipinski definition) is 1. The Kier molecular flexibility index (Phi) is 6.04. The van der Waals surface area contributed by atoms with E-state index < -0.39 is 0 Å². The Bertz CT molecular complexity index is 1130. The number of carbonyl (C=O) groups excluding carboxylic acids is 1. The zero-order valence-corrected chi connectivity index (χ0v) is 16.9. The number of ether oxygens (including phenoxy) is 1. The van der Waals surface area contributed by atoms with Gasteiger partial charge in [0.1, 0.15) is 6.61 Å². The molecule has 0 saturated carbocycles. The number of nitrogens with zero attached hydrogens (tertiary/aromatic N) is 1. The third kappa shape index (κ3) is 4.66. The van der Waals surface area contributed by atoms with E-state index in [0.29, 0.717) is 24.6 Å². The van der Waals surface area contributed by atoms with Crippen LogP contribution >= 0.6 is 0 Å². The summed E-state index contributed by atoms with van der Waals surface area (Å²) in [6.07, 6.45) is 0. The lowest BCUT2D eigenvalue weighted by molar-refractivity contribution is 0.0952. The van der Waals surface area contributed by atoms with E-state index in [0.717, 1.165) is 16.5 Å². The fourth-order valence-electron chi connectivity index (χ4n) is 3.38. The fourth-order valence-corrected chi connectivity index (χ4v) is 3.38. The standard InChI is InChI=1S/C26H24N2O2/c1-19(21-12-6-3-7-13-21)17-27-26(29)23-16-25(28-24-15-9-8-14-22(23)24)30-18-20-10-4-2-5-11-20/h2-16,19H,17-18H2,1H3,(H,27,29)/t19-/m1/s1. The van der Waals surface area contributed by atoms with Gasteiger partial charge in [-0.25, -0.2) is 4.98 Å². The summed E-state index contributed by atoms with van der Waals surface area (Å²) in [5.41, 5.74) is 3.56. The molecule has 0 spiro atoms. The topological polar surface area (TPSA) is 51.2 Å². The largest absolute Gasteiger partial charge is 0.473 e. The van der Waals surface area contributed by atoms with Crippen LogP contribution in [-0.4, -0.2) is 17.4 Å². The second-order valence-corrected chi connectivity index (χ2v) is 7.32. The van der Waals surface area contributed by atoms with Crippen molar-refractivity contribution in [1.82, 2.24) is 10.3 Å². The van der Waals surface area contributed by atoms with Crippen molar-refractivity contribution in [2.24, 2.45) is 0 Å². The van der Waals surface area contributed by atoms with Crippen LogP contribution in [0.5, 0.6) is 5.88 Å². The Morgan fingerprint density at radius 3 is 2.37 bits per heavy atom. The summed E-state index contributed by atoms with van der Waals surface area (Å²) >= 11 is 0. The molecule has 4 aromatic rings. The fraction of sp³-hybridized carbons (Fsp3) is 0.154. The SMILES string of the molecule is C[C@H](CNC(=O)c1cc(OCc2ccccc2)nc2ccccc12)c1ccccc1. The molecule has 0 bridgehead atoms. The highest BCUT2D eigenvalue weighted by molar-refractivity contribution is 6.06. The molecule has 0 aliphatic rings. The molecule has 0 aliphatic heterocycles. The molecule has 1 atom stereocenters. The predicted molar refractivity (Wildman–Crippen MR) is 120 cm³/mol. The number of aromatic nitrogens is 1. The molecule has 3 aromatic carbocycles. The highest BCUT2D eigenvalue weighted by atomic mass is 16.5. The summed E-state index contributed by atoms with van der Waals surface area (Å²) in [5, 5.41) is 3.88. The molecule has 0 unspecified atom stereocenters. The third-order valence-corrected chi connectivity index (χ3v) is 5.10. The van der Waals surface area contributed by atoms with Crippen molar-refractivity contribution in [1.29, 1.82) is 0 Å². The number of carbonyl (C=O) groups is 1. The monoisotopic (exact) mass is 396 g/mol. The number of pyridine rings is 1. The highest BCUT2D eigenvalue weighted by Gasteiger charge is 2.15. The lowest BCUT2D eigenvalue weighted by Crippen LogP contribution is -2.27. The Morgan fingerprint density at radius 1 is 0.933 bits per heavy atom. The Hall–Kier alpha value is -3.66. The lowest BCUT2D eigenvalue weighted by atomic mass is 10.0. The van der Waals surface area contributed by atoms with Gasteiger partial charge >= 0.3 is 0 Å². The number of nitrogens with one attached hydrogen (secondary N) is 1. The van der Waals surface area contributed by atoms with Crippen molar-refractivity contribution < 1.29 is 9.53 Å². The first-order valence-corrected chi connectivity index (χ1v) is 10.1. The van der Waals surface area contributed by atoms with Crippen molar-refractivity contribution in [2.45, 2.75) is 19.4 Å². The molecule has 150 valence electrons. The quantitative estimate of drug-likeness (QED) is 0.458. The van der Waals surface area contributed by atoms with Crippen LogP contribution < -0.4 is 10.1 Å². The molecule has 4 heteroatoms. The molecule has 30 heavy (non-hydrogen) atoms.